The average molecular weight is 433 g/mol. The Kier molecular flexibility index (Phi) is 5.16. The molecule has 32 heavy (non-hydrogen) atoms. The summed E-state index contributed by atoms with van der Waals surface area (Å²) in [5.41, 5.74) is 3.10. The van der Waals surface area contributed by atoms with Crippen LogP contribution in [0.25, 0.3) is 11.0 Å². The van der Waals surface area contributed by atoms with Gasteiger partial charge in [0.25, 0.3) is 0 Å². The van der Waals surface area contributed by atoms with E-state index in [2.05, 4.69) is 10.2 Å². The van der Waals surface area contributed by atoms with Gasteiger partial charge in [-0.25, -0.2) is 4.79 Å². The number of carbonyl (C=O) groups is 1. The molecule has 0 spiro atoms. The number of anilines is 2. The summed E-state index contributed by atoms with van der Waals surface area (Å²) in [6.45, 7) is 4.83. The Hall–Kier alpha value is -3.28. The molecule has 166 valence electrons. The van der Waals surface area contributed by atoms with Crippen LogP contribution < -0.4 is 15.6 Å². The molecule has 2 N–H and O–H groups in total. The summed E-state index contributed by atoms with van der Waals surface area (Å²) in [5, 5.41) is 13.4. The summed E-state index contributed by atoms with van der Waals surface area (Å²) in [6, 6.07) is 12.6. The lowest BCUT2D eigenvalue weighted by molar-refractivity contribution is 0.0698. The number of piperidine rings is 1. The number of rotatable bonds is 5. The lowest BCUT2D eigenvalue weighted by atomic mass is 9.73. The number of hydrogen-bond donors (Lipinski definition) is 2. The molecule has 1 saturated heterocycles. The van der Waals surface area contributed by atoms with Crippen molar-refractivity contribution in [3.63, 3.8) is 0 Å². The molecule has 2 aromatic carbocycles. The molecule has 1 aromatic heterocycles. The number of hydrogen-bond acceptors (Lipinski definition) is 5. The summed E-state index contributed by atoms with van der Waals surface area (Å²) in [6.07, 6.45) is 4.78. The monoisotopic (exact) mass is 432 g/mol. The second-order valence-electron chi connectivity index (χ2n) is 9.14. The number of nitrogens with zero attached hydrogens (tertiary/aromatic N) is 1. The number of fused-ring (bicyclic) bond motifs is 2. The maximum absolute atomic E-state index is 13.1. The molecule has 1 aliphatic carbocycles. The van der Waals surface area contributed by atoms with Crippen LogP contribution in [0.2, 0.25) is 0 Å². The van der Waals surface area contributed by atoms with Gasteiger partial charge in [-0.15, -0.1) is 0 Å². The quantitative estimate of drug-likeness (QED) is 0.565. The fraction of sp³-hybridized carbons (Fsp3) is 0.385. The number of nitrogens with one attached hydrogen (secondary N) is 1. The Bertz CT molecular complexity index is 1250. The number of carboxylic acids is 1. The van der Waals surface area contributed by atoms with Crippen LogP contribution in [0.1, 0.15) is 60.1 Å². The van der Waals surface area contributed by atoms with E-state index in [1.807, 2.05) is 26.0 Å². The SMILES string of the molecule is Cc1cc(C(C)Nc2ccccc2C(=O)O)c2oc(N3CCC[C@H]4CC[C@H]43)cc(=O)c2c1. The van der Waals surface area contributed by atoms with Crippen molar-refractivity contribution in [1.82, 2.24) is 0 Å². The van der Waals surface area contributed by atoms with E-state index < -0.39 is 5.97 Å². The zero-order valence-electron chi connectivity index (χ0n) is 18.4. The highest BCUT2D eigenvalue weighted by atomic mass is 16.4. The van der Waals surface area contributed by atoms with Gasteiger partial charge in [-0.2, -0.15) is 0 Å². The molecular weight excluding hydrogens is 404 g/mol. The first kappa shape index (κ1) is 20.6. The topological polar surface area (TPSA) is 82.8 Å². The van der Waals surface area contributed by atoms with Crippen molar-refractivity contribution >= 4 is 28.5 Å². The van der Waals surface area contributed by atoms with Crippen LogP contribution in [0.4, 0.5) is 11.6 Å². The van der Waals surface area contributed by atoms with E-state index in [1.165, 1.54) is 12.8 Å². The number of benzene rings is 2. The average Bonchev–Trinajstić information content (AvgIpc) is 2.74. The third-order valence-electron chi connectivity index (χ3n) is 7.02. The van der Waals surface area contributed by atoms with Crippen molar-refractivity contribution in [2.24, 2.45) is 5.92 Å². The van der Waals surface area contributed by atoms with Crippen LogP contribution in [-0.2, 0) is 0 Å². The fourth-order valence-electron chi connectivity index (χ4n) is 5.25. The molecule has 1 unspecified atom stereocenters. The van der Waals surface area contributed by atoms with Crippen LogP contribution in [0.15, 0.2) is 51.7 Å². The van der Waals surface area contributed by atoms with Crippen LogP contribution in [0, 0.1) is 12.8 Å². The Morgan fingerprint density at radius 2 is 2.00 bits per heavy atom. The summed E-state index contributed by atoms with van der Waals surface area (Å²) in [7, 11) is 0. The molecule has 3 aromatic rings. The highest BCUT2D eigenvalue weighted by Crippen LogP contribution is 2.42. The second kappa shape index (κ2) is 8.01. The van der Waals surface area contributed by atoms with Crippen LogP contribution in [0.3, 0.4) is 0 Å². The van der Waals surface area contributed by atoms with E-state index in [4.69, 9.17) is 4.42 Å². The van der Waals surface area contributed by atoms with Crippen molar-refractivity contribution < 1.29 is 14.3 Å². The largest absolute Gasteiger partial charge is 0.478 e. The minimum Gasteiger partial charge on any atom is -0.478 e. The first-order valence-electron chi connectivity index (χ1n) is 11.4. The third kappa shape index (κ3) is 3.53. The van der Waals surface area contributed by atoms with E-state index >= 15 is 0 Å². The number of para-hydroxylation sites is 1. The molecule has 1 saturated carbocycles. The predicted molar refractivity (Wildman–Crippen MR) is 126 cm³/mol. The number of carboxylic acid groups (broad SMARTS) is 1. The standard InChI is InChI=1S/C26H28N2O4/c1-15-12-19(16(2)27-21-8-4-3-7-18(21)26(30)31)25-20(13-15)23(29)14-24(32-25)28-11-5-6-17-9-10-22(17)28/h3-4,7-8,12-14,16-17,22,27H,5-6,9-11H2,1-2H3,(H,30,31)/t16?,17-,22+/m0/s1. The van der Waals surface area contributed by atoms with Gasteiger partial charge in [0, 0.05) is 29.9 Å². The molecule has 0 radical (unpaired) electrons. The molecule has 0 bridgehead atoms. The van der Waals surface area contributed by atoms with Crippen molar-refractivity contribution in [2.45, 2.75) is 51.6 Å². The van der Waals surface area contributed by atoms with Gasteiger partial charge < -0.3 is 19.7 Å². The molecule has 2 aliphatic rings. The van der Waals surface area contributed by atoms with Gasteiger partial charge in [0.2, 0.25) is 0 Å². The summed E-state index contributed by atoms with van der Waals surface area (Å²) in [4.78, 5) is 27.0. The molecule has 0 amide bonds. The Morgan fingerprint density at radius 3 is 2.75 bits per heavy atom. The van der Waals surface area contributed by atoms with E-state index in [-0.39, 0.29) is 17.0 Å². The molecule has 6 nitrogen and oxygen atoms in total. The number of aryl methyl sites for hydroxylation is 1. The predicted octanol–water partition coefficient (Wildman–Crippen LogP) is 5.35. The first-order chi connectivity index (χ1) is 15.4. The molecule has 6 heteroatoms. The maximum atomic E-state index is 13.1. The van der Waals surface area contributed by atoms with Gasteiger partial charge in [-0.1, -0.05) is 18.2 Å². The van der Waals surface area contributed by atoms with Gasteiger partial charge in [0.1, 0.15) is 5.58 Å². The zero-order chi connectivity index (χ0) is 22.4. The van der Waals surface area contributed by atoms with E-state index in [0.29, 0.717) is 34.5 Å². The summed E-state index contributed by atoms with van der Waals surface area (Å²) >= 11 is 0. The van der Waals surface area contributed by atoms with Gasteiger partial charge in [-0.3, -0.25) is 4.79 Å². The first-order valence-corrected chi connectivity index (χ1v) is 11.4. The van der Waals surface area contributed by atoms with Gasteiger partial charge in [0.05, 0.1) is 17.0 Å². The minimum atomic E-state index is -0.983. The summed E-state index contributed by atoms with van der Waals surface area (Å²) < 4.78 is 6.43. The summed E-state index contributed by atoms with van der Waals surface area (Å²) in [5.74, 6) is 0.374. The lowest BCUT2D eigenvalue weighted by Gasteiger charge is -2.48. The van der Waals surface area contributed by atoms with Gasteiger partial charge in [0.15, 0.2) is 11.3 Å². The third-order valence-corrected chi connectivity index (χ3v) is 7.02. The molecule has 3 atom stereocenters. The molecule has 2 fully saturated rings. The minimum absolute atomic E-state index is 0.0363. The highest BCUT2D eigenvalue weighted by molar-refractivity contribution is 5.94. The maximum Gasteiger partial charge on any atom is 0.337 e. The van der Waals surface area contributed by atoms with Crippen molar-refractivity contribution in [3.8, 4) is 0 Å². The second-order valence-corrected chi connectivity index (χ2v) is 9.14. The van der Waals surface area contributed by atoms with Crippen molar-refractivity contribution in [2.75, 3.05) is 16.8 Å². The van der Waals surface area contributed by atoms with E-state index in [1.54, 1.807) is 30.3 Å². The Morgan fingerprint density at radius 1 is 1.19 bits per heavy atom. The van der Waals surface area contributed by atoms with E-state index in [0.717, 1.165) is 30.5 Å². The fourth-order valence-corrected chi connectivity index (χ4v) is 5.25. The number of aromatic carboxylic acids is 1. The lowest BCUT2D eigenvalue weighted by Crippen LogP contribution is -2.51. The van der Waals surface area contributed by atoms with Crippen LogP contribution in [0.5, 0.6) is 0 Å². The molecule has 5 rings (SSSR count). The smallest absolute Gasteiger partial charge is 0.337 e. The van der Waals surface area contributed by atoms with Gasteiger partial charge >= 0.3 is 5.97 Å². The highest BCUT2D eigenvalue weighted by Gasteiger charge is 2.39. The van der Waals surface area contributed by atoms with Crippen LogP contribution in [-0.4, -0.2) is 23.7 Å². The molecular formula is C26H28N2O4. The zero-order valence-corrected chi connectivity index (χ0v) is 18.4. The van der Waals surface area contributed by atoms with Gasteiger partial charge in [-0.05, 0) is 69.2 Å². The van der Waals surface area contributed by atoms with Crippen LogP contribution >= 0.6 is 0 Å². The van der Waals surface area contributed by atoms with Crippen molar-refractivity contribution in [1.29, 1.82) is 0 Å². The van der Waals surface area contributed by atoms with E-state index in [9.17, 15) is 14.7 Å². The molecule has 1 aliphatic heterocycles. The molecule has 2 heterocycles. The Labute approximate surface area is 186 Å². The van der Waals surface area contributed by atoms with Crippen molar-refractivity contribution in [3.05, 3.63) is 69.4 Å². The Balaban J connectivity index is 1.57. The normalized spacial score (nSPS) is 21.0.